The zero-order chi connectivity index (χ0) is 20.9. The van der Waals surface area contributed by atoms with E-state index < -0.39 is 10.8 Å². The largest absolute Gasteiger partial charge is 0.483 e. The number of nitrogens with zero attached hydrogens (tertiary/aromatic N) is 2. The molecule has 0 saturated heterocycles. The minimum Gasteiger partial charge on any atom is -0.483 e. The molecule has 0 aliphatic rings. The van der Waals surface area contributed by atoms with Crippen molar-refractivity contribution in [1.82, 2.24) is 5.43 Å². The second-order valence-electron chi connectivity index (χ2n) is 7.22. The third-order valence-corrected chi connectivity index (χ3v) is 4.62. The number of carbonyl (C=O) groups is 1. The van der Waals surface area contributed by atoms with Gasteiger partial charge < -0.3 is 4.74 Å². The Morgan fingerprint density at radius 2 is 1.86 bits per heavy atom. The van der Waals surface area contributed by atoms with Crippen LogP contribution >= 0.6 is 15.9 Å². The Bertz CT molecular complexity index is 903. The highest BCUT2D eigenvalue weighted by atomic mass is 79.9. The van der Waals surface area contributed by atoms with Crippen LogP contribution in [0.25, 0.3) is 0 Å². The van der Waals surface area contributed by atoms with Crippen LogP contribution in [0.4, 0.5) is 5.69 Å². The maximum atomic E-state index is 12.0. The van der Waals surface area contributed by atoms with E-state index in [4.69, 9.17) is 4.74 Å². The number of amides is 1. The summed E-state index contributed by atoms with van der Waals surface area (Å²) in [6.07, 6.45) is 0. The number of halogens is 1. The van der Waals surface area contributed by atoms with Crippen molar-refractivity contribution in [2.24, 2.45) is 5.10 Å². The average Bonchev–Trinajstić information content (AvgIpc) is 2.64. The number of nitro groups is 1. The van der Waals surface area contributed by atoms with Crippen LogP contribution < -0.4 is 10.2 Å². The number of nitro benzene ring substituents is 1. The first-order valence-electron chi connectivity index (χ1n) is 8.58. The first-order valence-corrected chi connectivity index (χ1v) is 9.38. The van der Waals surface area contributed by atoms with Crippen LogP contribution in [0, 0.1) is 10.1 Å². The van der Waals surface area contributed by atoms with E-state index in [0.29, 0.717) is 17.0 Å². The summed E-state index contributed by atoms with van der Waals surface area (Å²) >= 11 is 3.47. The number of hydrogen-bond donors (Lipinski definition) is 1. The third-order valence-electron chi connectivity index (χ3n) is 4.00. The summed E-state index contributed by atoms with van der Waals surface area (Å²) in [4.78, 5) is 22.2. The van der Waals surface area contributed by atoms with Crippen molar-refractivity contribution in [3.05, 3.63) is 68.2 Å². The topological polar surface area (TPSA) is 93.8 Å². The van der Waals surface area contributed by atoms with Crippen LogP contribution in [0.3, 0.4) is 0 Å². The molecule has 0 fully saturated rings. The number of nitrogens with one attached hydrogen (secondary N) is 1. The van der Waals surface area contributed by atoms with Gasteiger partial charge in [-0.2, -0.15) is 5.10 Å². The molecule has 0 heterocycles. The van der Waals surface area contributed by atoms with Gasteiger partial charge in [0.1, 0.15) is 5.75 Å². The van der Waals surface area contributed by atoms with Crippen molar-refractivity contribution in [2.75, 3.05) is 6.61 Å². The van der Waals surface area contributed by atoms with Crippen LogP contribution in [0.15, 0.2) is 52.0 Å². The van der Waals surface area contributed by atoms with E-state index in [0.717, 1.165) is 10.0 Å². The molecular weight excluding hydrogens is 426 g/mol. The molecule has 28 heavy (non-hydrogen) atoms. The van der Waals surface area contributed by atoms with Gasteiger partial charge in [0.2, 0.25) is 0 Å². The second-order valence-corrected chi connectivity index (χ2v) is 8.07. The van der Waals surface area contributed by atoms with Gasteiger partial charge in [0.25, 0.3) is 11.6 Å². The van der Waals surface area contributed by atoms with Crippen LogP contribution in [-0.2, 0) is 10.2 Å². The van der Waals surface area contributed by atoms with Crippen molar-refractivity contribution in [1.29, 1.82) is 0 Å². The summed E-state index contributed by atoms with van der Waals surface area (Å²) in [6, 6.07) is 11.7. The molecule has 0 radical (unpaired) electrons. The van der Waals surface area contributed by atoms with E-state index in [-0.39, 0.29) is 17.7 Å². The van der Waals surface area contributed by atoms with Crippen molar-refractivity contribution >= 4 is 33.2 Å². The summed E-state index contributed by atoms with van der Waals surface area (Å²) in [5, 5.41) is 14.7. The molecule has 0 spiro atoms. The highest BCUT2D eigenvalue weighted by molar-refractivity contribution is 9.10. The summed E-state index contributed by atoms with van der Waals surface area (Å²) in [7, 11) is 0. The Morgan fingerprint density at radius 1 is 1.21 bits per heavy atom. The van der Waals surface area contributed by atoms with Gasteiger partial charge in [0.05, 0.1) is 15.1 Å². The van der Waals surface area contributed by atoms with Crippen molar-refractivity contribution < 1.29 is 14.5 Å². The molecule has 1 N–H and O–H groups in total. The Balaban J connectivity index is 1.93. The van der Waals surface area contributed by atoms with Gasteiger partial charge in [-0.15, -0.1) is 0 Å². The molecule has 2 rings (SSSR count). The summed E-state index contributed by atoms with van der Waals surface area (Å²) in [5.74, 6) is 0.160. The number of carbonyl (C=O) groups excluding carboxylic acids is 1. The lowest BCUT2D eigenvalue weighted by Gasteiger charge is -2.20. The summed E-state index contributed by atoms with van der Waals surface area (Å²) < 4.78 is 6.32. The van der Waals surface area contributed by atoms with Gasteiger partial charge in [0.15, 0.2) is 6.61 Å². The molecule has 0 aliphatic carbocycles. The van der Waals surface area contributed by atoms with Gasteiger partial charge in [-0.3, -0.25) is 14.9 Å². The highest BCUT2D eigenvalue weighted by Crippen LogP contribution is 2.31. The van der Waals surface area contributed by atoms with E-state index in [1.165, 1.54) is 12.1 Å². The van der Waals surface area contributed by atoms with Crippen LogP contribution in [0.1, 0.15) is 38.8 Å². The number of non-ortho nitro benzene ring substituents is 1. The zero-order valence-electron chi connectivity index (χ0n) is 16.2. The smallest absolute Gasteiger partial charge is 0.277 e. The lowest BCUT2D eigenvalue weighted by molar-refractivity contribution is -0.384. The van der Waals surface area contributed by atoms with Gasteiger partial charge in [-0.1, -0.05) is 26.8 Å². The molecule has 148 valence electrons. The number of rotatable bonds is 6. The summed E-state index contributed by atoms with van der Waals surface area (Å²) in [5.41, 5.74) is 4.78. The lowest BCUT2D eigenvalue weighted by Crippen LogP contribution is -2.25. The molecule has 0 bridgehead atoms. The molecule has 2 aromatic carbocycles. The van der Waals surface area contributed by atoms with Gasteiger partial charge in [-0.25, -0.2) is 5.43 Å². The number of hydrogen-bond acceptors (Lipinski definition) is 5. The van der Waals surface area contributed by atoms with Crippen LogP contribution in [0.5, 0.6) is 5.75 Å². The first kappa shape index (κ1) is 21.6. The van der Waals surface area contributed by atoms with Crippen LogP contribution in [-0.4, -0.2) is 23.1 Å². The molecule has 7 nitrogen and oxygen atoms in total. The Kier molecular flexibility index (Phi) is 6.90. The SMILES string of the molecule is CC(=NNC(=O)COc1ccc(C(C)(C)C)cc1Br)c1ccc([N+](=O)[O-])cc1. The van der Waals surface area contributed by atoms with E-state index in [1.807, 2.05) is 18.2 Å². The van der Waals surface area contributed by atoms with E-state index >= 15 is 0 Å². The fraction of sp³-hybridized carbons (Fsp3) is 0.300. The monoisotopic (exact) mass is 447 g/mol. The number of hydrazone groups is 1. The Labute approximate surface area is 172 Å². The minimum atomic E-state index is -0.471. The van der Waals surface area contributed by atoms with E-state index in [2.05, 4.69) is 47.2 Å². The van der Waals surface area contributed by atoms with E-state index in [9.17, 15) is 14.9 Å². The minimum absolute atomic E-state index is 0.00274. The number of benzene rings is 2. The molecule has 2 aromatic rings. The molecular formula is C20H22BrN3O4. The normalized spacial score (nSPS) is 11.8. The fourth-order valence-corrected chi connectivity index (χ4v) is 2.79. The quantitative estimate of drug-likeness (QED) is 0.398. The first-order chi connectivity index (χ1) is 13.1. The van der Waals surface area contributed by atoms with Crippen molar-refractivity contribution in [2.45, 2.75) is 33.1 Å². The van der Waals surface area contributed by atoms with Crippen LogP contribution in [0.2, 0.25) is 0 Å². The lowest BCUT2D eigenvalue weighted by atomic mass is 9.87. The maximum Gasteiger partial charge on any atom is 0.277 e. The predicted molar refractivity (Wildman–Crippen MR) is 112 cm³/mol. The summed E-state index contributed by atoms with van der Waals surface area (Å²) in [6.45, 7) is 7.87. The number of ether oxygens (including phenoxy) is 1. The van der Waals surface area contributed by atoms with Crippen molar-refractivity contribution in [3.8, 4) is 5.75 Å². The van der Waals surface area contributed by atoms with Crippen molar-refractivity contribution in [3.63, 3.8) is 0 Å². The van der Waals surface area contributed by atoms with E-state index in [1.54, 1.807) is 19.1 Å². The molecule has 0 aliphatic heterocycles. The Morgan fingerprint density at radius 3 is 2.39 bits per heavy atom. The predicted octanol–water partition coefficient (Wildman–Crippen LogP) is 4.57. The molecule has 0 saturated carbocycles. The average molecular weight is 448 g/mol. The molecule has 0 atom stereocenters. The van der Waals surface area contributed by atoms with Gasteiger partial charge >= 0.3 is 0 Å². The molecule has 0 unspecified atom stereocenters. The van der Waals surface area contributed by atoms with Gasteiger partial charge in [-0.05, 0) is 63.7 Å². The fourth-order valence-electron chi connectivity index (χ4n) is 2.30. The highest BCUT2D eigenvalue weighted by Gasteiger charge is 2.15. The molecule has 1 amide bonds. The standard InChI is InChI=1S/C20H22BrN3O4/c1-13(14-5-8-16(9-6-14)24(26)27)22-23-19(25)12-28-18-10-7-15(11-17(18)21)20(2,3)4/h5-11H,12H2,1-4H3,(H,23,25). The maximum absolute atomic E-state index is 12.0. The second kappa shape index (κ2) is 8.97. The zero-order valence-corrected chi connectivity index (χ0v) is 17.7. The molecule has 8 heteroatoms. The molecule has 0 aromatic heterocycles. The Hall–Kier alpha value is -2.74. The third kappa shape index (κ3) is 5.88. The van der Waals surface area contributed by atoms with Gasteiger partial charge in [0, 0.05) is 12.1 Å².